The lowest BCUT2D eigenvalue weighted by Gasteiger charge is -2.34. The SMILES string of the molecule is Cn1cccc1C(=O)CN1CCN(c2ncccn2)CC1. The molecule has 21 heavy (non-hydrogen) atoms. The Hall–Kier alpha value is -2.21. The second-order valence-electron chi connectivity index (χ2n) is 5.24. The summed E-state index contributed by atoms with van der Waals surface area (Å²) in [5.74, 6) is 0.942. The number of carbonyl (C=O) groups excluding carboxylic acids is 1. The van der Waals surface area contributed by atoms with Crippen molar-refractivity contribution in [3.05, 3.63) is 42.5 Å². The van der Waals surface area contributed by atoms with Gasteiger partial charge in [-0.25, -0.2) is 9.97 Å². The monoisotopic (exact) mass is 285 g/mol. The fraction of sp³-hybridized carbons (Fsp3) is 0.400. The van der Waals surface area contributed by atoms with Crippen LogP contribution in [0.2, 0.25) is 0 Å². The van der Waals surface area contributed by atoms with Crippen molar-refractivity contribution >= 4 is 11.7 Å². The van der Waals surface area contributed by atoms with E-state index in [1.165, 1.54) is 0 Å². The zero-order chi connectivity index (χ0) is 14.7. The molecule has 6 heteroatoms. The number of anilines is 1. The first-order valence-corrected chi connectivity index (χ1v) is 7.13. The highest BCUT2D eigenvalue weighted by Crippen LogP contribution is 2.10. The standard InChI is InChI=1S/C15H19N5O/c1-18-7-2-4-13(18)14(21)12-19-8-10-20(11-9-19)15-16-5-3-6-17-15/h2-7H,8-12H2,1H3. The van der Waals surface area contributed by atoms with E-state index in [9.17, 15) is 4.79 Å². The summed E-state index contributed by atoms with van der Waals surface area (Å²) in [6.07, 6.45) is 5.42. The van der Waals surface area contributed by atoms with Gasteiger partial charge in [-0.2, -0.15) is 0 Å². The van der Waals surface area contributed by atoms with Crippen molar-refractivity contribution in [1.29, 1.82) is 0 Å². The summed E-state index contributed by atoms with van der Waals surface area (Å²) in [4.78, 5) is 25.1. The number of rotatable bonds is 4. The maximum atomic E-state index is 12.2. The van der Waals surface area contributed by atoms with Crippen molar-refractivity contribution in [3.63, 3.8) is 0 Å². The molecule has 110 valence electrons. The third kappa shape index (κ3) is 3.11. The second kappa shape index (κ2) is 6.05. The molecule has 0 spiro atoms. The van der Waals surface area contributed by atoms with Gasteiger partial charge in [0.25, 0.3) is 0 Å². The molecule has 1 aliphatic rings. The molecule has 0 atom stereocenters. The van der Waals surface area contributed by atoms with Gasteiger partial charge in [0.15, 0.2) is 5.78 Å². The number of nitrogens with zero attached hydrogens (tertiary/aromatic N) is 5. The Balaban J connectivity index is 1.55. The zero-order valence-corrected chi connectivity index (χ0v) is 12.1. The van der Waals surface area contributed by atoms with E-state index in [-0.39, 0.29) is 5.78 Å². The number of hydrogen-bond donors (Lipinski definition) is 0. The van der Waals surface area contributed by atoms with Crippen LogP contribution in [0.25, 0.3) is 0 Å². The molecule has 0 aromatic carbocycles. The fourth-order valence-electron chi connectivity index (χ4n) is 2.60. The second-order valence-corrected chi connectivity index (χ2v) is 5.24. The van der Waals surface area contributed by atoms with Gasteiger partial charge in [-0.15, -0.1) is 0 Å². The number of Topliss-reactive ketones (excluding diaryl/α,β-unsaturated/α-hetero) is 1. The van der Waals surface area contributed by atoms with Gasteiger partial charge >= 0.3 is 0 Å². The van der Waals surface area contributed by atoms with Crippen molar-refractivity contribution in [2.75, 3.05) is 37.6 Å². The first-order chi connectivity index (χ1) is 10.2. The fourth-order valence-corrected chi connectivity index (χ4v) is 2.60. The molecule has 3 rings (SSSR count). The first kappa shape index (κ1) is 13.8. The number of piperazine rings is 1. The summed E-state index contributed by atoms with van der Waals surface area (Å²) < 4.78 is 1.87. The van der Waals surface area contributed by atoms with Gasteiger partial charge < -0.3 is 9.47 Å². The Morgan fingerprint density at radius 3 is 2.48 bits per heavy atom. The van der Waals surface area contributed by atoms with E-state index < -0.39 is 0 Å². The molecule has 0 N–H and O–H groups in total. The number of hydrogen-bond acceptors (Lipinski definition) is 5. The minimum absolute atomic E-state index is 0.173. The van der Waals surface area contributed by atoms with Gasteiger partial charge in [-0.05, 0) is 18.2 Å². The molecule has 2 aromatic heterocycles. The molecular formula is C15H19N5O. The van der Waals surface area contributed by atoms with Gasteiger partial charge in [0.05, 0.1) is 12.2 Å². The van der Waals surface area contributed by atoms with Crippen LogP contribution in [-0.2, 0) is 7.05 Å². The lowest BCUT2D eigenvalue weighted by Crippen LogP contribution is -2.48. The maximum Gasteiger partial charge on any atom is 0.225 e. The van der Waals surface area contributed by atoms with E-state index in [1.54, 1.807) is 12.4 Å². The number of carbonyl (C=O) groups is 1. The van der Waals surface area contributed by atoms with Gasteiger partial charge in [0, 0.05) is 51.8 Å². The molecule has 0 bridgehead atoms. The third-order valence-corrected chi connectivity index (χ3v) is 3.80. The van der Waals surface area contributed by atoms with Gasteiger partial charge in [-0.3, -0.25) is 9.69 Å². The molecule has 0 unspecified atom stereocenters. The quantitative estimate of drug-likeness (QED) is 0.779. The average Bonchev–Trinajstić information content (AvgIpc) is 2.95. The highest BCUT2D eigenvalue weighted by molar-refractivity contribution is 5.96. The van der Waals surface area contributed by atoms with E-state index in [0.29, 0.717) is 6.54 Å². The molecule has 0 aliphatic carbocycles. The minimum Gasteiger partial charge on any atom is -0.348 e. The Kier molecular flexibility index (Phi) is 3.96. The first-order valence-electron chi connectivity index (χ1n) is 7.13. The topological polar surface area (TPSA) is 54.3 Å². The summed E-state index contributed by atoms with van der Waals surface area (Å²) in [5.41, 5.74) is 0.767. The smallest absolute Gasteiger partial charge is 0.225 e. The van der Waals surface area contributed by atoms with Gasteiger partial charge in [-0.1, -0.05) is 0 Å². The van der Waals surface area contributed by atoms with Crippen LogP contribution in [0, 0.1) is 0 Å². The molecule has 0 radical (unpaired) electrons. The molecule has 0 saturated carbocycles. The van der Waals surface area contributed by atoms with E-state index in [4.69, 9.17) is 0 Å². The average molecular weight is 285 g/mol. The number of aromatic nitrogens is 3. The summed E-state index contributed by atoms with van der Waals surface area (Å²) in [6, 6.07) is 5.59. The summed E-state index contributed by atoms with van der Waals surface area (Å²) in [7, 11) is 1.90. The number of ketones is 1. The summed E-state index contributed by atoms with van der Waals surface area (Å²) in [5, 5.41) is 0. The maximum absolute atomic E-state index is 12.2. The van der Waals surface area contributed by atoms with E-state index in [0.717, 1.165) is 37.8 Å². The van der Waals surface area contributed by atoms with E-state index >= 15 is 0 Å². The molecule has 3 heterocycles. The molecule has 6 nitrogen and oxygen atoms in total. The van der Waals surface area contributed by atoms with Crippen LogP contribution in [-0.4, -0.2) is 57.9 Å². The largest absolute Gasteiger partial charge is 0.348 e. The lowest BCUT2D eigenvalue weighted by molar-refractivity contribution is 0.0918. The van der Waals surface area contributed by atoms with Crippen molar-refractivity contribution in [3.8, 4) is 0 Å². The van der Waals surface area contributed by atoms with Crippen LogP contribution in [0.5, 0.6) is 0 Å². The van der Waals surface area contributed by atoms with Crippen molar-refractivity contribution in [1.82, 2.24) is 19.4 Å². The predicted molar refractivity (Wildman–Crippen MR) is 80.4 cm³/mol. The molecule has 1 fully saturated rings. The molecule has 1 saturated heterocycles. The summed E-state index contributed by atoms with van der Waals surface area (Å²) in [6.45, 7) is 3.89. The zero-order valence-electron chi connectivity index (χ0n) is 12.1. The van der Waals surface area contributed by atoms with Gasteiger partial charge in [0.2, 0.25) is 5.95 Å². The van der Waals surface area contributed by atoms with Crippen LogP contribution >= 0.6 is 0 Å². The van der Waals surface area contributed by atoms with Crippen LogP contribution in [0.1, 0.15) is 10.5 Å². The minimum atomic E-state index is 0.173. The van der Waals surface area contributed by atoms with Crippen LogP contribution in [0.15, 0.2) is 36.8 Å². The van der Waals surface area contributed by atoms with Crippen molar-refractivity contribution in [2.45, 2.75) is 0 Å². The normalized spacial score (nSPS) is 16.1. The highest BCUT2D eigenvalue weighted by Gasteiger charge is 2.21. The lowest BCUT2D eigenvalue weighted by atomic mass is 10.2. The van der Waals surface area contributed by atoms with Crippen LogP contribution < -0.4 is 4.90 Å². The van der Waals surface area contributed by atoms with Crippen LogP contribution in [0.4, 0.5) is 5.95 Å². The molecule has 2 aromatic rings. The van der Waals surface area contributed by atoms with Gasteiger partial charge in [0.1, 0.15) is 0 Å². The molecular weight excluding hydrogens is 266 g/mol. The Bertz CT molecular complexity index is 602. The molecule has 0 amide bonds. The Morgan fingerprint density at radius 2 is 1.86 bits per heavy atom. The highest BCUT2D eigenvalue weighted by atomic mass is 16.1. The Morgan fingerprint density at radius 1 is 1.14 bits per heavy atom. The third-order valence-electron chi connectivity index (χ3n) is 3.80. The van der Waals surface area contributed by atoms with Crippen LogP contribution in [0.3, 0.4) is 0 Å². The predicted octanol–water partition coefficient (Wildman–Crippen LogP) is 0.820. The summed E-state index contributed by atoms with van der Waals surface area (Å²) >= 11 is 0. The molecule has 1 aliphatic heterocycles. The van der Waals surface area contributed by atoms with E-state index in [1.807, 2.05) is 36.0 Å². The van der Waals surface area contributed by atoms with Crippen molar-refractivity contribution < 1.29 is 4.79 Å². The number of aryl methyl sites for hydroxylation is 1. The Labute approximate surface area is 124 Å². The van der Waals surface area contributed by atoms with Crippen molar-refractivity contribution in [2.24, 2.45) is 7.05 Å². The van der Waals surface area contributed by atoms with E-state index in [2.05, 4.69) is 19.8 Å².